The molecule has 2 heterocycles. The number of rotatable bonds is 4. The van der Waals surface area contributed by atoms with Gasteiger partial charge in [-0.2, -0.15) is 0 Å². The summed E-state index contributed by atoms with van der Waals surface area (Å²) >= 11 is 3.32. The standard InChI is InChI=1S/C14H17N3OS2/c1-3-15-12(18)8(2)19-13-11-9-5-4-6-10(9)20-14(11)17-7-16-13/h7-8H,3-6H2,1-2H3,(H,15,18)/t8-/m1/s1. The van der Waals surface area contributed by atoms with Gasteiger partial charge in [-0.25, -0.2) is 9.97 Å². The number of fused-ring (bicyclic) bond motifs is 3. The predicted molar refractivity (Wildman–Crippen MR) is 83.4 cm³/mol. The Labute approximate surface area is 126 Å². The molecule has 0 fully saturated rings. The summed E-state index contributed by atoms with van der Waals surface area (Å²) in [7, 11) is 0. The molecule has 1 amide bonds. The lowest BCUT2D eigenvalue weighted by Crippen LogP contribution is -2.30. The molecular weight excluding hydrogens is 290 g/mol. The maximum atomic E-state index is 11.9. The van der Waals surface area contributed by atoms with Crippen molar-refractivity contribution in [2.24, 2.45) is 0 Å². The van der Waals surface area contributed by atoms with E-state index in [0.717, 1.165) is 22.7 Å². The highest BCUT2D eigenvalue weighted by Crippen LogP contribution is 2.40. The number of aryl methyl sites for hydroxylation is 2. The molecule has 3 rings (SSSR count). The van der Waals surface area contributed by atoms with Crippen LogP contribution in [0.2, 0.25) is 0 Å². The zero-order valence-corrected chi connectivity index (χ0v) is 13.2. The molecule has 4 nitrogen and oxygen atoms in total. The molecule has 0 radical (unpaired) electrons. The van der Waals surface area contributed by atoms with E-state index >= 15 is 0 Å². The normalized spacial score (nSPS) is 15.3. The second-order valence-electron chi connectivity index (χ2n) is 4.87. The maximum absolute atomic E-state index is 11.9. The smallest absolute Gasteiger partial charge is 0.233 e. The Hall–Kier alpha value is -1.14. The molecule has 0 aromatic carbocycles. The SMILES string of the molecule is CCNC(=O)[C@@H](C)Sc1ncnc2sc3c(c12)CCC3. The molecule has 106 valence electrons. The van der Waals surface area contributed by atoms with Crippen LogP contribution in [0.5, 0.6) is 0 Å². The number of carbonyl (C=O) groups is 1. The van der Waals surface area contributed by atoms with Crippen molar-refractivity contribution in [3.05, 3.63) is 16.8 Å². The molecule has 2 aromatic rings. The van der Waals surface area contributed by atoms with Crippen molar-refractivity contribution in [1.82, 2.24) is 15.3 Å². The Morgan fingerprint density at radius 3 is 3.15 bits per heavy atom. The third kappa shape index (κ3) is 2.42. The number of nitrogens with zero attached hydrogens (tertiary/aromatic N) is 2. The minimum absolute atomic E-state index is 0.0659. The van der Waals surface area contributed by atoms with Crippen molar-refractivity contribution < 1.29 is 4.79 Å². The molecule has 0 spiro atoms. The topological polar surface area (TPSA) is 54.9 Å². The molecule has 1 aliphatic rings. The van der Waals surface area contributed by atoms with Crippen molar-refractivity contribution in [2.45, 2.75) is 43.4 Å². The Morgan fingerprint density at radius 2 is 2.35 bits per heavy atom. The van der Waals surface area contributed by atoms with E-state index in [0.29, 0.717) is 6.54 Å². The summed E-state index contributed by atoms with van der Waals surface area (Å²) in [6.45, 7) is 4.52. The molecule has 0 saturated carbocycles. The van der Waals surface area contributed by atoms with E-state index in [-0.39, 0.29) is 11.2 Å². The van der Waals surface area contributed by atoms with E-state index in [9.17, 15) is 4.79 Å². The van der Waals surface area contributed by atoms with Gasteiger partial charge in [0, 0.05) is 16.8 Å². The van der Waals surface area contributed by atoms with E-state index in [1.807, 2.05) is 13.8 Å². The van der Waals surface area contributed by atoms with Crippen LogP contribution in [0.3, 0.4) is 0 Å². The van der Waals surface area contributed by atoms with Gasteiger partial charge >= 0.3 is 0 Å². The molecule has 0 aliphatic heterocycles. The van der Waals surface area contributed by atoms with Gasteiger partial charge in [0.15, 0.2) is 0 Å². The Balaban J connectivity index is 1.93. The molecule has 0 bridgehead atoms. The summed E-state index contributed by atoms with van der Waals surface area (Å²) in [5, 5.41) is 4.86. The minimum atomic E-state index is -0.134. The van der Waals surface area contributed by atoms with Crippen LogP contribution in [0.4, 0.5) is 0 Å². The van der Waals surface area contributed by atoms with Crippen LogP contribution in [0, 0.1) is 0 Å². The van der Waals surface area contributed by atoms with Crippen LogP contribution in [0.25, 0.3) is 10.2 Å². The summed E-state index contributed by atoms with van der Waals surface area (Å²) in [5.41, 5.74) is 1.41. The third-order valence-corrected chi connectivity index (χ3v) is 5.78. The fourth-order valence-electron chi connectivity index (χ4n) is 2.53. The Bertz CT molecular complexity index is 653. The fourth-order valence-corrected chi connectivity index (χ4v) is 4.79. The molecular formula is C14H17N3OS2. The molecule has 1 atom stereocenters. The molecule has 0 unspecified atom stereocenters. The maximum Gasteiger partial charge on any atom is 0.233 e. The van der Waals surface area contributed by atoms with Crippen molar-refractivity contribution in [3.63, 3.8) is 0 Å². The van der Waals surface area contributed by atoms with Gasteiger partial charge in [0.2, 0.25) is 5.91 Å². The first kappa shape index (κ1) is 13.8. The average molecular weight is 307 g/mol. The molecule has 20 heavy (non-hydrogen) atoms. The van der Waals surface area contributed by atoms with Gasteiger partial charge in [0.1, 0.15) is 16.2 Å². The zero-order valence-electron chi connectivity index (χ0n) is 11.6. The average Bonchev–Trinajstić information content (AvgIpc) is 2.99. The predicted octanol–water partition coefficient (Wildman–Crippen LogP) is 2.80. The molecule has 1 N–H and O–H groups in total. The van der Waals surface area contributed by atoms with Gasteiger partial charge in [0.05, 0.1) is 5.25 Å². The Morgan fingerprint density at radius 1 is 1.50 bits per heavy atom. The molecule has 0 saturated heterocycles. The van der Waals surface area contributed by atoms with Crippen molar-refractivity contribution in [3.8, 4) is 0 Å². The van der Waals surface area contributed by atoms with E-state index in [4.69, 9.17) is 0 Å². The van der Waals surface area contributed by atoms with Crippen LogP contribution in [-0.4, -0.2) is 27.7 Å². The monoisotopic (exact) mass is 307 g/mol. The second-order valence-corrected chi connectivity index (χ2v) is 7.28. The first-order valence-corrected chi connectivity index (χ1v) is 8.60. The number of carbonyl (C=O) groups excluding carboxylic acids is 1. The van der Waals surface area contributed by atoms with Crippen molar-refractivity contribution in [2.75, 3.05) is 6.54 Å². The van der Waals surface area contributed by atoms with Crippen LogP contribution in [0.15, 0.2) is 11.4 Å². The number of thiophene rings is 1. The molecule has 1 aliphatic carbocycles. The highest BCUT2D eigenvalue weighted by atomic mass is 32.2. The minimum Gasteiger partial charge on any atom is -0.355 e. The number of thioether (sulfide) groups is 1. The van der Waals surface area contributed by atoms with Gasteiger partial charge < -0.3 is 5.32 Å². The lowest BCUT2D eigenvalue weighted by atomic mass is 10.2. The van der Waals surface area contributed by atoms with Gasteiger partial charge in [-0.3, -0.25) is 4.79 Å². The van der Waals surface area contributed by atoms with Crippen molar-refractivity contribution in [1.29, 1.82) is 0 Å². The van der Waals surface area contributed by atoms with E-state index < -0.39 is 0 Å². The van der Waals surface area contributed by atoms with Gasteiger partial charge in [0.25, 0.3) is 0 Å². The van der Waals surface area contributed by atoms with Gasteiger partial charge in [-0.15, -0.1) is 11.3 Å². The third-order valence-electron chi connectivity index (χ3n) is 3.48. The fraction of sp³-hybridized carbons (Fsp3) is 0.500. The lowest BCUT2D eigenvalue weighted by Gasteiger charge is -2.11. The van der Waals surface area contributed by atoms with Crippen LogP contribution >= 0.6 is 23.1 Å². The highest BCUT2D eigenvalue weighted by Gasteiger charge is 2.23. The zero-order chi connectivity index (χ0) is 14.1. The van der Waals surface area contributed by atoms with Crippen LogP contribution < -0.4 is 5.32 Å². The molecule has 6 heteroatoms. The summed E-state index contributed by atoms with van der Waals surface area (Å²) in [6.07, 6.45) is 5.11. The quantitative estimate of drug-likeness (QED) is 0.697. The van der Waals surface area contributed by atoms with Gasteiger partial charge in [-0.05, 0) is 38.7 Å². The molecule has 2 aromatic heterocycles. The van der Waals surface area contributed by atoms with E-state index in [1.165, 1.54) is 34.0 Å². The summed E-state index contributed by atoms with van der Waals surface area (Å²) < 4.78 is 0. The van der Waals surface area contributed by atoms with Crippen LogP contribution in [0.1, 0.15) is 30.7 Å². The van der Waals surface area contributed by atoms with Gasteiger partial charge in [-0.1, -0.05) is 11.8 Å². The number of nitrogens with one attached hydrogen (secondary N) is 1. The number of hydrogen-bond acceptors (Lipinski definition) is 5. The number of aromatic nitrogens is 2. The highest BCUT2D eigenvalue weighted by molar-refractivity contribution is 8.00. The summed E-state index contributed by atoms with van der Waals surface area (Å²) in [4.78, 5) is 23.2. The summed E-state index contributed by atoms with van der Waals surface area (Å²) in [6, 6.07) is 0. The second kappa shape index (κ2) is 5.69. The largest absolute Gasteiger partial charge is 0.355 e. The Kier molecular flexibility index (Phi) is 3.94. The van der Waals surface area contributed by atoms with Crippen LogP contribution in [-0.2, 0) is 17.6 Å². The first-order valence-electron chi connectivity index (χ1n) is 6.90. The van der Waals surface area contributed by atoms with Crippen molar-refractivity contribution >= 4 is 39.2 Å². The van der Waals surface area contributed by atoms with E-state index in [2.05, 4.69) is 15.3 Å². The first-order chi connectivity index (χ1) is 9.70. The number of amides is 1. The summed E-state index contributed by atoms with van der Waals surface area (Å²) in [5.74, 6) is 0.0659. The number of hydrogen-bond donors (Lipinski definition) is 1. The lowest BCUT2D eigenvalue weighted by molar-refractivity contribution is -0.120. The van der Waals surface area contributed by atoms with E-state index in [1.54, 1.807) is 17.7 Å².